The molecule has 1 aromatic rings. The summed E-state index contributed by atoms with van der Waals surface area (Å²) in [5, 5.41) is 14.2. The largest absolute Gasteiger partial charge is 0.379 e. The number of nitrogens with zero attached hydrogens (tertiary/aromatic N) is 2. The van der Waals surface area contributed by atoms with Crippen LogP contribution in [0.15, 0.2) is 18.2 Å². The van der Waals surface area contributed by atoms with E-state index in [-0.39, 0.29) is 10.6 Å². The van der Waals surface area contributed by atoms with Crippen LogP contribution < -0.4 is 5.32 Å². The van der Waals surface area contributed by atoms with Gasteiger partial charge in [0.1, 0.15) is 0 Å². The van der Waals surface area contributed by atoms with E-state index in [4.69, 9.17) is 4.74 Å². The first-order valence-corrected chi connectivity index (χ1v) is 6.92. The maximum atomic E-state index is 10.9. The first kappa shape index (κ1) is 14.9. The lowest BCUT2D eigenvalue weighted by Crippen LogP contribution is -2.40. The Kier molecular flexibility index (Phi) is 5.46. The van der Waals surface area contributed by atoms with Gasteiger partial charge in [0, 0.05) is 44.4 Å². The zero-order valence-corrected chi connectivity index (χ0v) is 11.8. The van der Waals surface area contributed by atoms with Crippen LogP contribution in [0.3, 0.4) is 0 Å². The zero-order chi connectivity index (χ0) is 14.4. The summed E-state index contributed by atoms with van der Waals surface area (Å²) in [4.78, 5) is 12.9. The van der Waals surface area contributed by atoms with Gasteiger partial charge in [0.15, 0.2) is 0 Å². The van der Waals surface area contributed by atoms with Gasteiger partial charge in [-0.15, -0.1) is 0 Å². The third-order valence-electron chi connectivity index (χ3n) is 3.64. The Hall–Kier alpha value is -1.50. The number of hydrogen-bond acceptors (Lipinski definition) is 5. The van der Waals surface area contributed by atoms with E-state index < -0.39 is 0 Å². The van der Waals surface area contributed by atoms with Crippen molar-refractivity contribution in [2.45, 2.75) is 13.5 Å². The zero-order valence-electron chi connectivity index (χ0n) is 11.8. The summed E-state index contributed by atoms with van der Waals surface area (Å²) in [6.45, 7) is 7.91. The molecule has 1 N–H and O–H groups in total. The summed E-state index contributed by atoms with van der Waals surface area (Å²) in [6, 6.07) is 5.22. The Morgan fingerprint density at radius 3 is 2.85 bits per heavy atom. The predicted octanol–water partition coefficient (Wildman–Crippen LogP) is 1.33. The van der Waals surface area contributed by atoms with Crippen LogP contribution in [0.4, 0.5) is 5.69 Å². The summed E-state index contributed by atoms with van der Waals surface area (Å²) < 4.78 is 5.30. The third kappa shape index (κ3) is 4.00. The van der Waals surface area contributed by atoms with Gasteiger partial charge in [-0.25, -0.2) is 0 Å². The van der Waals surface area contributed by atoms with Gasteiger partial charge in [-0.1, -0.05) is 12.1 Å². The van der Waals surface area contributed by atoms with E-state index in [2.05, 4.69) is 10.2 Å². The molecule has 0 saturated carbocycles. The molecule has 1 fully saturated rings. The lowest BCUT2D eigenvalue weighted by Gasteiger charge is -2.26. The average Bonchev–Trinajstić information content (AvgIpc) is 2.46. The maximum absolute atomic E-state index is 10.9. The van der Waals surface area contributed by atoms with Gasteiger partial charge >= 0.3 is 0 Å². The minimum atomic E-state index is -0.327. The van der Waals surface area contributed by atoms with E-state index >= 15 is 0 Å². The summed E-state index contributed by atoms with van der Waals surface area (Å²) in [7, 11) is 0. The van der Waals surface area contributed by atoms with Crippen LogP contribution in [-0.4, -0.2) is 49.2 Å². The van der Waals surface area contributed by atoms with Crippen LogP contribution in [0.5, 0.6) is 0 Å². The van der Waals surface area contributed by atoms with Crippen LogP contribution in [0.25, 0.3) is 0 Å². The number of hydrogen-bond donors (Lipinski definition) is 1. The second-order valence-electron chi connectivity index (χ2n) is 4.95. The molecule has 0 radical (unpaired) electrons. The monoisotopic (exact) mass is 279 g/mol. The first-order valence-electron chi connectivity index (χ1n) is 6.92. The highest BCUT2D eigenvalue weighted by molar-refractivity contribution is 5.44. The van der Waals surface area contributed by atoms with Gasteiger partial charge in [0.05, 0.1) is 18.1 Å². The lowest BCUT2D eigenvalue weighted by atomic mass is 10.1. The number of nitro benzene ring substituents is 1. The highest BCUT2D eigenvalue weighted by atomic mass is 16.6. The Morgan fingerprint density at radius 2 is 2.15 bits per heavy atom. The fraction of sp³-hybridized carbons (Fsp3) is 0.571. The number of rotatable bonds is 6. The number of nitrogens with one attached hydrogen (secondary N) is 1. The van der Waals surface area contributed by atoms with Crippen LogP contribution in [0, 0.1) is 17.0 Å². The van der Waals surface area contributed by atoms with Gasteiger partial charge in [-0.3, -0.25) is 15.0 Å². The van der Waals surface area contributed by atoms with Gasteiger partial charge in [-0.2, -0.15) is 0 Å². The Bertz CT molecular complexity index is 459. The van der Waals surface area contributed by atoms with Gasteiger partial charge in [0.25, 0.3) is 5.69 Å². The van der Waals surface area contributed by atoms with Gasteiger partial charge < -0.3 is 10.1 Å². The molecule has 0 spiro atoms. The van der Waals surface area contributed by atoms with E-state index in [0.717, 1.165) is 50.5 Å². The van der Waals surface area contributed by atoms with E-state index in [1.165, 1.54) is 0 Å². The third-order valence-corrected chi connectivity index (χ3v) is 3.64. The van der Waals surface area contributed by atoms with Crippen molar-refractivity contribution >= 4 is 5.69 Å². The molecule has 0 aliphatic carbocycles. The molecule has 110 valence electrons. The molecule has 6 nitrogen and oxygen atoms in total. The summed E-state index contributed by atoms with van der Waals surface area (Å²) in [5.41, 5.74) is 1.93. The van der Waals surface area contributed by atoms with Crippen molar-refractivity contribution in [2.75, 3.05) is 39.4 Å². The van der Waals surface area contributed by atoms with Crippen molar-refractivity contribution < 1.29 is 9.66 Å². The van der Waals surface area contributed by atoms with E-state index in [1.54, 1.807) is 19.1 Å². The molecule has 0 atom stereocenters. The molecule has 1 heterocycles. The summed E-state index contributed by atoms with van der Waals surface area (Å²) in [5.74, 6) is 0. The standard InChI is InChI=1S/C14H21N3O3/c1-12-13(3-2-4-14(12)17(18)19)11-15-5-6-16-7-9-20-10-8-16/h2-4,15H,5-11H2,1H3. The van der Waals surface area contributed by atoms with Crippen LogP contribution in [0.1, 0.15) is 11.1 Å². The predicted molar refractivity (Wildman–Crippen MR) is 76.8 cm³/mol. The molecule has 0 aromatic heterocycles. The van der Waals surface area contributed by atoms with Crippen LogP contribution in [-0.2, 0) is 11.3 Å². The maximum Gasteiger partial charge on any atom is 0.272 e. The molecule has 0 bridgehead atoms. The van der Waals surface area contributed by atoms with E-state index in [9.17, 15) is 10.1 Å². The van der Waals surface area contributed by atoms with Crippen molar-refractivity contribution in [1.82, 2.24) is 10.2 Å². The molecular formula is C14H21N3O3. The van der Waals surface area contributed by atoms with Crippen molar-refractivity contribution in [1.29, 1.82) is 0 Å². The minimum Gasteiger partial charge on any atom is -0.379 e. The smallest absolute Gasteiger partial charge is 0.272 e. The van der Waals surface area contributed by atoms with Crippen LogP contribution >= 0.6 is 0 Å². The molecule has 1 aliphatic heterocycles. The molecule has 0 unspecified atom stereocenters. The SMILES string of the molecule is Cc1c(CNCCN2CCOCC2)cccc1[N+](=O)[O-]. The summed E-state index contributed by atoms with van der Waals surface area (Å²) in [6.07, 6.45) is 0. The Labute approximate surface area is 118 Å². The van der Waals surface area contributed by atoms with Crippen molar-refractivity contribution in [2.24, 2.45) is 0 Å². The van der Waals surface area contributed by atoms with Crippen molar-refractivity contribution in [3.8, 4) is 0 Å². The highest BCUT2D eigenvalue weighted by Crippen LogP contribution is 2.20. The summed E-state index contributed by atoms with van der Waals surface area (Å²) >= 11 is 0. The number of benzene rings is 1. The number of morpholine rings is 1. The average molecular weight is 279 g/mol. The molecule has 2 rings (SSSR count). The second-order valence-corrected chi connectivity index (χ2v) is 4.95. The molecule has 1 aliphatic rings. The lowest BCUT2D eigenvalue weighted by molar-refractivity contribution is -0.385. The molecule has 0 amide bonds. The highest BCUT2D eigenvalue weighted by Gasteiger charge is 2.13. The molecule has 20 heavy (non-hydrogen) atoms. The van der Waals surface area contributed by atoms with Gasteiger partial charge in [0.2, 0.25) is 0 Å². The Balaban J connectivity index is 1.79. The number of ether oxygens (including phenoxy) is 1. The normalized spacial score (nSPS) is 16.2. The number of nitro groups is 1. The van der Waals surface area contributed by atoms with Crippen molar-refractivity contribution in [3.05, 3.63) is 39.4 Å². The molecule has 6 heteroatoms. The quantitative estimate of drug-likeness (QED) is 0.483. The second kappa shape index (κ2) is 7.33. The van der Waals surface area contributed by atoms with E-state index in [1.807, 2.05) is 6.07 Å². The van der Waals surface area contributed by atoms with Gasteiger partial charge in [-0.05, 0) is 12.5 Å². The fourth-order valence-electron chi connectivity index (χ4n) is 2.34. The topological polar surface area (TPSA) is 67.6 Å². The molecule has 1 saturated heterocycles. The van der Waals surface area contributed by atoms with Crippen LogP contribution in [0.2, 0.25) is 0 Å². The molecular weight excluding hydrogens is 258 g/mol. The van der Waals surface area contributed by atoms with Crippen molar-refractivity contribution in [3.63, 3.8) is 0 Å². The van der Waals surface area contributed by atoms with E-state index in [0.29, 0.717) is 6.54 Å². The molecule has 1 aromatic carbocycles. The minimum absolute atomic E-state index is 0.192. The first-order chi connectivity index (χ1) is 9.68. The Morgan fingerprint density at radius 1 is 1.40 bits per heavy atom. The fourth-order valence-corrected chi connectivity index (χ4v) is 2.34.